The van der Waals surface area contributed by atoms with E-state index < -0.39 is 0 Å². The van der Waals surface area contributed by atoms with E-state index in [1.54, 1.807) is 0 Å². The number of nitrogens with zero attached hydrogens (tertiary/aromatic N) is 2. The number of nitriles is 1. The molecular formula is C24H26N2O. The Morgan fingerprint density at radius 3 is 2.26 bits per heavy atom. The summed E-state index contributed by atoms with van der Waals surface area (Å²) in [6.45, 7) is 11.8. The molecule has 27 heavy (non-hydrogen) atoms. The highest BCUT2D eigenvalue weighted by Gasteiger charge is 2.14. The number of hydrogen-bond acceptors (Lipinski definition) is 2. The molecule has 1 aromatic heterocycles. The van der Waals surface area contributed by atoms with Crippen molar-refractivity contribution in [2.24, 2.45) is 0 Å². The maximum Gasteiger partial charge on any atom is 0.127 e. The van der Waals surface area contributed by atoms with Crippen molar-refractivity contribution in [3.8, 4) is 28.6 Å². The van der Waals surface area contributed by atoms with Gasteiger partial charge in [0.1, 0.15) is 11.8 Å². The van der Waals surface area contributed by atoms with Gasteiger partial charge < -0.3 is 9.30 Å². The molecular weight excluding hydrogens is 332 g/mol. The highest BCUT2D eigenvalue weighted by atomic mass is 16.5. The quantitative estimate of drug-likeness (QED) is 0.524. The van der Waals surface area contributed by atoms with Crippen molar-refractivity contribution < 1.29 is 4.74 Å². The Labute approximate surface area is 162 Å². The molecule has 0 aliphatic rings. The summed E-state index contributed by atoms with van der Waals surface area (Å²) < 4.78 is 7.88. The first-order valence-corrected chi connectivity index (χ1v) is 9.23. The third kappa shape index (κ3) is 4.68. The van der Waals surface area contributed by atoms with Crippen molar-refractivity contribution in [2.45, 2.75) is 33.8 Å². The first-order valence-electron chi connectivity index (χ1n) is 9.23. The summed E-state index contributed by atoms with van der Waals surface area (Å²) >= 11 is 0. The van der Waals surface area contributed by atoms with Crippen LogP contribution in [0.1, 0.15) is 38.8 Å². The van der Waals surface area contributed by atoms with Crippen molar-refractivity contribution in [2.75, 3.05) is 0 Å². The molecule has 0 fully saturated rings. The first kappa shape index (κ1) is 20.1. The van der Waals surface area contributed by atoms with E-state index in [2.05, 4.69) is 12.6 Å². The number of hydrogen-bond donors (Lipinski definition) is 0. The average molecular weight is 358 g/mol. The van der Waals surface area contributed by atoms with E-state index in [-0.39, 0.29) is 6.10 Å². The molecule has 0 amide bonds. The van der Waals surface area contributed by atoms with Crippen LogP contribution in [0.4, 0.5) is 0 Å². The molecule has 0 atom stereocenters. The maximum atomic E-state index is 9.58. The van der Waals surface area contributed by atoms with Crippen molar-refractivity contribution >= 4 is 6.08 Å². The third-order valence-electron chi connectivity index (χ3n) is 3.91. The largest absolute Gasteiger partial charge is 0.490 e. The zero-order valence-corrected chi connectivity index (χ0v) is 16.4. The lowest BCUT2D eigenvalue weighted by Gasteiger charge is -2.13. The molecule has 0 unspecified atom stereocenters. The monoisotopic (exact) mass is 358 g/mol. The molecule has 0 radical (unpaired) electrons. The van der Waals surface area contributed by atoms with Gasteiger partial charge >= 0.3 is 0 Å². The summed E-state index contributed by atoms with van der Waals surface area (Å²) in [7, 11) is 0. The molecule has 3 nitrogen and oxygen atoms in total. The highest BCUT2D eigenvalue weighted by molar-refractivity contribution is 5.76. The van der Waals surface area contributed by atoms with Gasteiger partial charge in [0, 0.05) is 29.2 Å². The van der Waals surface area contributed by atoms with Crippen LogP contribution in [0, 0.1) is 11.3 Å². The Kier molecular flexibility index (Phi) is 7.02. The molecule has 0 saturated heterocycles. The SMILES string of the molecule is C=Cc1ccc(-n2cc(C#N)c(-c3ccccc3OC(C)C)c2)cc1.CC. The molecule has 138 valence electrons. The normalized spacial score (nSPS) is 9.93. The van der Waals surface area contributed by atoms with E-state index >= 15 is 0 Å². The van der Waals surface area contributed by atoms with Gasteiger partial charge in [-0.25, -0.2) is 0 Å². The van der Waals surface area contributed by atoms with Crippen LogP contribution in [0.2, 0.25) is 0 Å². The minimum Gasteiger partial charge on any atom is -0.490 e. The summed E-state index contributed by atoms with van der Waals surface area (Å²) in [4.78, 5) is 0. The molecule has 3 heteroatoms. The summed E-state index contributed by atoms with van der Waals surface area (Å²) in [6, 6.07) is 18.2. The van der Waals surface area contributed by atoms with Crippen LogP contribution in [0.5, 0.6) is 5.75 Å². The zero-order valence-electron chi connectivity index (χ0n) is 16.4. The fourth-order valence-electron chi connectivity index (χ4n) is 2.74. The first-order chi connectivity index (χ1) is 13.1. The summed E-state index contributed by atoms with van der Waals surface area (Å²) in [5, 5.41) is 9.58. The second-order valence-electron chi connectivity index (χ2n) is 6.06. The molecule has 0 bridgehead atoms. The lowest BCUT2D eigenvalue weighted by atomic mass is 10.0. The van der Waals surface area contributed by atoms with E-state index in [9.17, 15) is 5.26 Å². The Balaban J connectivity index is 0.00000126. The van der Waals surface area contributed by atoms with Crippen LogP contribution in [-0.2, 0) is 0 Å². The predicted octanol–water partition coefficient (Wildman–Crippen LogP) is 6.47. The van der Waals surface area contributed by atoms with Crippen molar-refractivity contribution in [1.29, 1.82) is 5.26 Å². The summed E-state index contributed by atoms with van der Waals surface area (Å²) in [5.74, 6) is 0.786. The maximum absolute atomic E-state index is 9.58. The molecule has 0 N–H and O–H groups in total. The Morgan fingerprint density at radius 1 is 1.00 bits per heavy atom. The highest BCUT2D eigenvalue weighted by Crippen LogP contribution is 2.34. The zero-order chi connectivity index (χ0) is 19.8. The lowest BCUT2D eigenvalue weighted by Crippen LogP contribution is -2.06. The fourth-order valence-corrected chi connectivity index (χ4v) is 2.74. The standard InChI is InChI=1S/C22H20N2O.C2H6/c1-4-17-9-11-19(12-10-17)24-14-18(13-23)21(15-24)20-7-5-6-8-22(20)25-16(2)3;1-2/h4-12,14-16H,1H2,2-3H3;1-2H3. The van der Waals surface area contributed by atoms with Gasteiger partial charge in [0.2, 0.25) is 0 Å². The molecule has 2 aromatic carbocycles. The second kappa shape index (κ2) is 9.45. The van der Waals surface area contributed by atoms with Crippen molar-refractivity contribution in [3.63, 3.8) is 0 Å². The van der Waals surface area contributed by atoms with Gasteiger partial charge in [-0.15, -0.1) is 0 Å². The average Bonchev–Trinajstić information content (AvgIpc) is 3.14. The predicted molar refractivity (Wildman–Crippen MR) is 113 cm³/mol. The Hall–Kier alpha value is -3.25. The van der Waals surface area contributed by atoms with Gasteiger partial charge in [-0.1, -0.05) is 56.8 Å². The van der Waals surface area contributed by atoms with Gasteiger partial charge in [0.05, 0.1) is 11.7 Å². The number of ether oxygens (including phenoxy) is 1. The molecule has 0 aliphatic heterocycles. The second-order valence-corrected chi connectivity index (χ2v) is 6.06. The summed E-state index contributed by atoms with van der Waals surface area (Å²) in [5.41, 5.74) is 4.47. The van der Waals surface area contributed by atoms with E-state index in [0.717, 1.165) is 28.1 Å². The fraction of sp³-hybridized carbons (Fsp3) is 0.208. The minimum atomic E-state index is 0.0696. The van der Waals surface area contributed by atoms with Crippen LogP contribution in [-0.4, -0.2) is 10.7 Å². The van der Waals surface area contributed by atoms with Gasteiger partial charge in [0.15, 0.2) is 0 Å². The lowest BCUT2D eigenvalue weighted by molar-refractivity contribution is 0.243. The molecule has 0 spiro atoms. The third-order valence-corrected chi connectivity index (χ3v) is 3.91. The van der Waals surface area contributed by atoms with Crippen LogP contribution in [0.15, 0.2) is 67.5 Å². The smallest absolute Gasteiger partial charge is 0.127 e. The molecule has 3 rings (SSSR count). The van der Waals surface area contributed by atoms with Crippen LogP contribution in [0.3, 0.4) is 0 Å². The van der Waals surface area contributed by atoms with Crippen molar-refractivity contribution in [3.05, 3.63) is 78.6 Å². The number of rotatable bonds is 5. The number of para-hydroxylation sites is 1. The van der Waals surface area contributed by atoms with Gasteiger partial charge in [-0.2, -0.15) is 5.26 Å². The van der Waals surface area contributed by atoms with Crippen LogP contribution >= 0.6 is 0 Å². The van der Waals surface area contributed by atoms with E-state index in [1.807, 2.05) is 99.3 Å². The van der Waals surface area contributed by atoms with Gasteiger partial charge in [0.25, 0.3) is 0 Å². The number of benzene rings is 2. The van der Waals surface area contributed by atoms with E-state index in [1.165, 1.54) is 0 Å². The summed E-state index contributed by atoms with van der Waals surface area (Å²) in [6.07, 6.45) is 5.71. The van der Waals surface area contributed by atoms with Crippen LogP contribution in [0.25, 0.3) is 22.9 Å². The Bertz CT molecular complexity index is 928. The van der Waals surface area contributed by atoms with Gasteiger partial charge in [-0.3, -0.25) is 0 Å². The molecule has 0 aliphatic carbocycles. The topological polar surface area (TPSA) is 38.0 Å². The molecule has 3 aromatic rings. The molecule has 1 heterocycles. The minimum absolute atomic E-state index is 0.0696. The molecule has 0 saturated carbocycles. The van der Waals surface area contributed by atoms with E-state index in [4.69, 9.17) is 4.74 Å². The van der Waals surface area contributed by atoms with E-state index in [0.29, 0.717) is 5.56 Å². The Morgan fingerprint density at radius 2 is 1.67 bits per heavy atom. The number of aromatic nitrogens is 1. The van der Waals surface area contributed by atoms with Crippen LogP contribution < -0.4 is 4.74 Å². The van der Waals surface area contributed by atoms with Gasteiger partial charge in [-0.05, 0) is 37.6 Å². The van der Waals surface area contributed by atoms with Crippen molar-refractivity contribution in [1.82, 2.24) is 4.57 Å².